The van der Waals surface area contributed by atoms with Crippen molar-refractivity contribution < 1.29 is 14.5 Å². The van der Waals surface area contributed by atoms with Crippen LogP contribution in [0.3, 0.4) is 0 Å². The summed E-state index contributed by atoms with van der Waals surface area (Å²) in [5.74, 6) is -1.02. The van der Waals surface area contributed by atoms with E-state index in [0.717, 1.165) is 21.8 Å². The maximum Gasteiger partial charge on any atom is 0.324 e. The lowest BCUT2D eigenvalue weighted by Gasteiger charge is -2.42. The van der Waals surface area contributed by atoms with E-state index >= 15 is 0 Å². The van der Waals surface area contributed by atoms with Crippen molar-refractivity contribution in [2.45, 2.75) is 45.2 Å². The van der Waals surface area contributed by atoms with Crippen LogP contribution in [-0.4, -0.2) is 22.3 Å². The van der Waals surface area contributed by atoms with E-state index in [1.54, 1.807) is 6.07 Å². The maximum absolute atomic E-state index is 12.4. The molecule has 0 aliphatic carbocycles. The normalized spacial score (nSPS) is 17.1. The van der Waals surface area contributed by atoms with Gasteiger partial charge in [-0.1, -0.05) is 11.3 Å². The number of nitrogens with zero attached hydrogens (tertiary/aromatic N) is 1. The molecule has 3 rings (SSSR count). The van der Waals surface area contributed by atoms with Crippen LogP contribution in [-0.2, 0) is 16.8 Å². The number of carbonyl (C=O) groups excluding carboxylic acids is 2. The molecule has 0 bridgehead atoms. The molecule has 0 unspecified atom stereocenters. The lowest BCUT2D eigenvalue weighted by atomic mass is 9.81. The van der Waals surface area contributed by atoms with Crippen LogP contribution < -0.4 is 16.4 Å². The number of rotatable bonds is 5. The molecule has 4 N–H and O–H groups in total. The van der Waals surface area contributed by atoms with Crippen molar-refractivity contribution in [3.05, 3.63) is 49.2 Å². The average molecular weight is 435 g/mol. The Morgan fingerprint density at radius 1 is 1.28 bits per heavy atom. The van der Waals surface area contributed by atoms with Crippen molar-refractivity contribution in [1.29, 1.82) is 0 Å². The molecule has 29 heavy (non-hydrogen) atoms. The van der Waals surface area contributed by atoms with Crippen LogP contribution in [0.5, 0.6) is 0 Å². The van der Waals surface area contributed by atoms with Gasteiger partial charge in [-0.25, -0.2) is 0 Å². The van der Waals surface area contributed by atoms with Crippen LogP contribution >= 0.6 is 22.7 Å². The molecular weight excluding hydrogens is 412 g/mol. The first kappa shape index (κ1) is 21.2. The van der Waals surface area contributed by atoms with Crippen LogP contribution in [0.25, 0.3) is 6.08 Å². The highest BCUT2D eigenvalue weighted by Gasteiger charge is 2.41. The maximum atomic E-state index is 12.4. The van der Waals surface area contributed by atoms with Gasteiger partial charge in [-0.3, -0.25) is 19.7 Å². The van der Waals surface area contributed by atoms with E-state index in [1.165, 1.54) is 29.6 Å². The van der Waals surface area contributed by atoms with Crippen molar-refractivity contribution >= 4 is 50.6 Å². The summed E-state index contributed by atoms with van der Waals surface area (Å²) in [6.45, 7) is 8.18. The van der Waals surface area contributed by atoms with Gasteiger partial charge < -0.3 is 16.4 Å². The van der Waals surface area contributed by atoms with Crippen LogP contribution in [0.1, 0.15) is 53.4 Å². The predicted molar refractivity (Wildman–Crippen MR) is 115 cm³/mol. The van der Waals surface area contributed by atoms with Crippen molar-refractivity contribution in [2.75, 3.05) is 5.32 Å². The number of carbonyl (C=O) groups is 2. The molecule has 154 valence electrons. The molecule has 1 aliphatic rings. The molecule has 0 atom stereocenters. The van der Waals surface area contributed by atoms with E-state index in [-0.39, 0.29) is 16.1 Å². The minimum Gasteiger partial charge on any atom is -0.365 e. The van der Waals surface area contributed by atoms with E-state index in [0.29, 0.717) is 21.9 Å². The number of nitrogens with two attached hydrogens (primary N) is 1. The van der Waals surface area contributed by atoms with Crippen LogP contribution in [0.4, 0.5) is 10.0 Å². The van der Waals surface area contributed by atoms with E-state index in [2.05, 4.69) is 24.5 Å². The fraction of sp³-hybridized carbons (Fsp3) is 0.368. The van der Waals surface area contributed by atoms with E-state index in [4.69, 9.17) is 5.73 Å². The van der Waals surface area contributed by atoms with Crippen molar-refractivity contribution in [3.8, 4) is 0 Å². The quantitative estimate of drug-likeness (QED) is 0.376. The minimum atomic E-state index is -0.579. The lowest BCUT2D eigenvalue weighted by Crippen LogP contribution is -2.55. The van der Waals surface area contributed by atoms with E-state index in [1.807, 2.05) is 13.8 Å². The van der Waals surface area contributed by atoms with E-state index < -0.39 is 16.7 Å². The van der Waals surface area contributed by atoms with Gasteiger partial charge in [0.2, 0.25) is 5.91 Å². The molecule has 0 saturated carbocycles. The molecule has 0 saturated heterocycles. The lowest BCUT2D eigenvalue weighted by molar-refractivity contribution is -0.380. The summed E-state index contributed by atoms with van der Waals surface area (Å²) < 4.78 is 0. The third-order valence-electron chi connectivity index (χ3n) is 4.52. The number of nitrogens with one attached hydrogen (secondary N) is 2. The summed E-state index contributed by atoms with van der Waals surface area (Å²) in [6.07, 6.45) is 3.40. The van der Waals surface area contributed by atoms with Crippen LogP contribution in [0, 0.1) is 10.1 Å². The van der Waals surface area contributed by atoms with Crippen molar-refractivity contribution in [3.63, 3.8) is 0 Å². The highest BCUT2D eigenvalue weighted by Crippen LogP contribution is 2.44. The fourth-order valence-corrected chi connectivity index (χ4v) is 5.73. The van der Waals surface area contributed by atoms with Gasteiger partial charge >= 0.3 is 5.00 Å². The standard InChI is InChI=1S/C19H22N4O4S2/c1-18(2)9-11-14(16(20)25)17(29-15(11)19(3,4)22-18)21-12(24)7-5-10-6-8-13(28-10)23(26)27/h5-8,22H,9H2,1-4H3,(H2,20,25)(H,21,24)/b7-5+. The number of nitro groups is 1. The molecule has 3 heterocycles. The third-order valence-corrected chi connectivity index (χ3v) is 6.99. The monoisotopic (exact) mass is 434 g/mol. The summed E-state index contributed by atoms with van der Waals surface area (Å²) in [4.78, 5) is 36.4. The molecule has 1 aliphatic heterocycles. The van der Waals surface area contributed by atoms with Gasteiger partial charge in [-0.15, -0.1) is 11.3 Å². The molecule has 10 heteroatoms. The zero-order valence-electron chi connectivity index (χ0n) is 16.5. The van der Waals surface area contributed by atoms with Gasteiger partial charge in [-0.05, 0) is 51.8 Å². The zero-order valence-corrected chi connectivity index (χ0v) is 18.1. The third kappa shape index (κ3) is 4.39. The number of thiophene rings is 2. The summed E-state index contributed by atoms with van der Waals surface area (Å²) in [5, 5.41) is 17.5. The Bertz CT molecular complexity index is 1030. The van der Waals surface area contributed by atoms with Gasteiger partial charge in [0.05, 0.1) is 10.5 Å². The SMILES string of the molecule is CC1(C)Cc2c(sc(NC(=O)/C=C/c3ccc([N+](=O)[O-])s3)c2C(N)=O)C(C)(C)N1. The number of primary amides is 1. The first-order chi connectivity index (χ1) is 13.4. The Balaban J connectivity index is 1.88. The second-order valence-electron chi connectivity index (χ2n) is 8.04. The highest BCUT2D eigenvalue weighted by molar-refractivity contribution is 7.17. The summed E-state index contributed by atoms with van der Waals surface area (Å²) >= 11 is 2.31. The molecule has 0 spiro atoms. The number of amides is 2. The van der Waals surface area contributed by atoms with Gasteiger partial charge in [0.1, 0.15) is 5.00 Å². The Morgan fingerprint density at radius 2 is 1.97 bits per heavy atom. The zero-order chi connectivity index (χ0) is 21.6. The summed E-state index contributed by atoms with van der Waals surface area (Å²) in [6, 6.07) is 2.96. The number of anilines is 1. The largest absolute Gasteiger partial charge is 0.365 e. The van der Waals surface area contributed by atoms with Crippen LogP contribution in [0.2, 0.25) is 0 Å². The Morgan fingerprint density at radius 3 is 2.55 bits per heavy atom. The number of hydrogen-bond acceptors (Lipinski definition) is 7. The topological polar surface area (TPSA) is 127 Å². The molecule has 0 radical (unpaired) electrons. The molecule has 2 amide bonds. The molecule has 0 fully saturated rings. The first-order valence-corrected chi connectivity index (χ1v) is 10.5. The van der Waals surface area contributed by atoms with Gasteiger partial charge in [0.15, 0.2) is 0 Å². The second-order valence-corrected chi connectivity index (χ2v) is 10.2. The second kappa shape index (κ2) is 7.36. The van der Waals surface area contributed by atoms with Gasteiger partial charge in [-0.2, -0.15) is 0 Å². The van der Waals surface area contributed by atoms with Crippen molar-refractivity contribution in [2.24, 2.45) is 5.73 Å². The summed E-state index contributed by atoms with van der Waals surface area (Å²) in [5.41, 5.74) is 6.26. The van der Waals surface area contributed by atoms with Crippen LogP contribution in [0.15, 0.2) is 18.2 Å². The Hall–Kier alpha value is -2.56. The first-order valence-electron chi connectivity index (χ1n) is 8.88. The number of hydrogen-bond donors (Lipinski definition) is 3. The molecule has 8 nitrogen and oxygen atoms in total. The molecule has 0 aromatic carbocycles. The van der Waals surface area contributed by atoms with Gasteiger partial charge in [0, 0.05) is 33.0 Å². The smallest absolute Gasteiger partial charge is 0.324 e. The van der Waals surface area contributed by atoms with Crippen molar-refractivity contribution in [1.82, 2.24) is 5.32 Å². The number of fused-ring (bicyclic) bond motifs is 1. The molecular formula is C19H22N4O4S2. The Kier molecular flexibility index (Phi) is 5.37. The van der Waals surface area contributed by atoms with E-state index in [9.17, 15) is 19.7 Å². The highest BCUT2D eigenvalue weighted by atomic mass is 32.1. The Labute approximate surface area is 176 Å². The predicted octanol–water partition coefficient (Wildman–Crippen LogP) is 3.63. The van der Waals surface area contributed by atoms with Gasteiger partial charge in [0.25, 0.3) is 5.91 Å². The minimum absolute atomic E-state index is 0.00403. The molecule has 2 aromatic rings. The fourth-order valence-electron chi connectivity index (χ4n) is 3.72. The average Bonchev–Trinajstić information content (AvgIpc) is 3.16. The summed E-state index contributed by atoms with van der Waals surface area (Å²) in [7, 11) is 0. The molecule has 2 aromatic heterocycles.